The van der Waals surface area contributed by atoms with Crippen LogP contribution in [-0.4, -0.2) is 35.0 Å². The van der Waals surface area contributed by atoms with Crippen LogP contribution in [0.25, 0.3) is 11.0 Å². The van der Waals surface area contributed by atoms with Crippen molar-refractivity contribution in [2.24, 2.45) is 0 Å². The predicted octanol–water partition coefficient (Wildman–Crippen LogP) is 2.74. The molecule has 2 N–H and O–H groups in total. The van der Waals surface area contributed by atoms with Crippen molar-refractivity contribution >= 4 is 22.8 Å². The summed E-state index contributed by atoms with van der Waals surface area (Å²) >= 11 is 0. The summed E-state index contributed by atoms with van der Waals surface area (Å²) in [6.07, 6.45) is 0.162. The molecule has 7 nitrogen and oxygen atoms in total. The van der Waals surface area contributed by atoms with Crippen molar-refractivity contribution in [3.63, 3.8) is 0 Å². The van der Waals surface area contributed by atoms with E-state index in [0.717, 1.165) is 28.2 Å². The number of methoxy groups -OCH3 is 1. The van der Waals surface area contributed by atoms with Gasteiger partial charge in [-0.05, 0) is 36.8 Å². The molecule has 0 saturated heterocycles. The molecule has 0 unspecified atom stereocenters. The van der Waals surface area contributed by atoms with Crippen LogP contribution >= 0.6 is 0 Å². The van der Waals surface area contributed by atoms with E-state index in [1.54, 1.807) is 7.11 Å². The molecule has 0 bridgehead atoms. The molecule has 2 amide bonds. The summed E-state index contributed by atoms with van der Waals surface area (Å²) in [6.45, 7) is 4.51. The van der Waals surface area contributed by atoms with Gasteiger partial charge in [-0.3, -0.25) is 9.59 Å². The number of hydrogen-bond donors (Lipinski definition) is 2. The first-order valence-corrected chi connectivity index (χ1v) is 9.57. The van der Waals surface area contributed by atoms with E-state index in [1.165, 1.54) is 6.92 Å². The molecule has 0 radical (unpaired) electrons. The lowest BCUT2D eigenvalue weighted by atomic mass is 10.0. The highest BCUT2D eigenvalue weighted by molar-refractivity contribution is 5.79. The zero-order valence-electron chi connectivity index (χ0n) is 16.9. The van der Waals surface area contributed by atoms with Gasteiger partial charge in [-0.2, -0.15) is 0 Å². The van der Waals surface area contributed by atoms with Crippen molar-refractivity contribution < 1.29 is 14.3 Å². The highest BCUT2D eigenvalue weighted by Gasteiger charge is 2.17. The number of nitrogens with zero attached hydrogens (tertiary/aromatic N) is 2. The topological polar surface area (TPSA) is 85.2 Å². The molecule has 7 heteroatoms. The minimum absolute atomic E-state index is 0.123. The van der Waals surface area contributed by atoms with Gasteiger partial charge < -0.3 is 19.9 Å². The van der Waals surface area contributed by atoms with E-state index in [4.69, 9.17) is 4.74 Å². The lowest BCUT2D eigenvalue weighted by Gasteiger charge is -2.18. The number of hydrogen-bond acceptors (Lipinski definition) is 4. The molecule has 3 rings (SSSR count). The fourth-order valence-corrected chi connectivity index (χ4v) is 3.38. The van der Waals surface area contributed by atoms with Gasteiger partial charge in [0.2, 0.25) is 11.8 Å². The summed E-state index contributed by atoms with van der Waals surface area (Å²) in [5.74, 6) is 1.33. The monoisotopic (exact) mass is 394 g/mol. The third kappa shape index (κ3) is 5.13. The molecular weight excluding hydrogens is 368 g/mol. The van der Waals surface area contributed by atoms with Crippen LogP contribution in [0.2, 0.25) is 0 Å². The number of benzene rings is 2. The van der Waals surface area contributed by atoms with E-state index in [1.807, 2.05) is 55.5 Å². The van der Waals surface area contributed by atoms with Crippen LogP contribution in [-0.2, 0) is 16.1 Å². The van der Waals surface area contributed by atoms with Crippen molar-refractivity contribution in [1.29, 1.82) is 0 Å². The fourth-order valence-electron chi connectivity index (χ4n) is 3.38. The maximum atomic E-state index is 12.5. The molecule has 152 valence electrons. The van der Waals surface area contributed by atoms with E-state index in [-0.39, 0.29) is 18.2 Å². The Labute approximate surface area is 170 Å². The first kappa shape index (κ1) is 20.4. The lowest BCUT2D eigenvalue weighted by Crippen LogP contribution is -2.34. The molecular formula is C22H26N4O3. The Hall–Kier alpha value is -3.35. The molecule has 0 aliphatic rings. The second-order valence-corrected chi connectivity index (χ2v) is 6.88. The zero-order valence-corrected chi connectivity index (χ0v) is 16.9. The number of carbonyl (C=O) groups is 2. The highest BCUT2D eigenvalue weighted by atomic mass is 16.5. The summed E-state index contributed by atoms with van der Waals surface area (Å²) in [7, 11) is 1.60. The average Bonchev–Trinajstić information content (AvgIpc) is 3.02. The van der Waals surface area contributed by atoms with Crippen molar-refractivity contribution in [1.82, 2.24) is 20.2 Å². The van der Waals surface area contributed by atoms with Crippen LogP contribution in [0.3, 0.4) is 0 Å². The largest absolute Gasteiger partial charge is 0.497 e. The van der Waals surface area contributed by atoms with Crippen LogP contribution in [0.4, 0.5) is 0 Å². The Bertz CT molecular complexity index is 995. The molecule has 2 aromatic carbocycles. The summed E-state index contributed by atoms with van der Waals surface area (Å²) in [6, 6.07) is 14.9. The third-order valence-electron chi connectivity index (χ3n) is 4.79. The van der Waals surface area contributed by atoms with E-state index < -0.39 is 6.04 Å². The van der Waals surface area contributed by atoms with Gasteiger partial charge in [0.15, 0.2) is 0 Å². The summed E-state index contributed by atoms with van der Waals surface area (Å²) in [4.78, 5) is 28.6. The molecule has 1 aromatic heterocycles. The summed E-state index contributed by atoms with van der Waals surface area (Å²) < 4.78 is 7.25. The Morgan fingerprint density at radius 1 is 1.14 bits per heavy atom. The van der Waals surface area contributed by atoms with Crippen LogP contribution in [0.15, 0.2) is 48.5 Å². The number of aryl methyl sites for hydroxylation is 1. The van der Waals surface area contributed by atoms with Gasteiger partial charge in [0, 0.05) is 20.0 Å². The maximum absolute atomic E-state index is 12.5. The Kier molecular flexibility index (Phi) is 6.49. The van der Waals surface area contributed by atoms with E-state index >= 15 is 0 Å². The normalized spacial score (nSPS) is 11.8. The number of fused-ring (bicyclic) bond motifs is 1. The van der Waals surface area contributed by atoms with Crippen LogP contribution in [0.5, 0.6) is 5.75 Å². The van der Waals surface area contributed by atoms with Gasteiger partial charge in [-0.25, -0.2) is 4.98 Å². The number of nitrogens with one attached hydrogen (secondary N) is 2. The molecule has 0 fully saturated rings. The number of ether oxygens (including phenoxy) is 1. The van der Waals surface area contributed by atoms with Gasteiger partial charge in [0.1, 0.15) is 11.6 Å². The van der Waals surface area contributed by atoms with Gasteiger partial charge in [-0.15, -0.1) is 0 Å². The second kappa shape index (κ2) is 9.23. The molecule has 29 heavy (non-hydrogen) atoms. The van der Waals surface area contributed by atoms with Gasteiger partial charge in [-0.1, -0.05) is 24.3 Å². The molecule has 0 aliphatic heterocycles. The van der Waals surface area contributed by atoms with Crippen molar-refractivity contribution in [2.45, 2.75) is 32.9 Å². The highest BCUT2D eigenvalue weighted by Crippen LogP contribution is 2.20. The van der Waals surface area contributed by atoms with E-state index in [0.29, 0.717) is 13.1 Å². The van der Waals surface area contributed by atoms with Crippen LogP contribution in [0.1, 0.15) is 30.8 Å². The molecule has 0 saturated carbocycles. The Balaban J connectivity index is 1.60. The molecule has 0 aliphatic carbocycles. The number of rotatable bonds is 8. The van der Waals surface area contributed by atoms with Crippen LogP contribution in [0, 0.1) is 6.92 Å². The number of para-hydroxylation sites is 2. The number of amides is 2. The molecule has 1 atom stereocenters. The standard InChI is InChI=1S/C22H26N4O3/c1-15-24-19-6-4-5-7-21(19)26(15)13-12-23-22(28)14-20(25-16(2)27)17-8-10-18(29-3)11-9-17/h4-11,20H,12-14H2,1-3H3,(H,23,28)(H,25,27)/t20-/m1/s1. The fraction of sp³-hybridized carbons (Fsp3) is 0.318. The van der Waals surface area contributed by atoms with Crippen LogP contribution < -0.4 is 15.4 Å². The van der Waals surface area contributed by atoms with Gasteiger partial charge in [0.25, 0.3) is 0 Å². The zero-order chi connectivity index (χ0) is 20.8. The predicted molar refractivity (Wildman–Crippen MR) is 112 cm³/mol. The number of aromatic nitrogens is 2. The first-order chi connectivity index (χ1) is 14.0. The summed E-state index contributed by atoms with van der Waals surface area (Å²) in [5.41, 5.74) is 2.85. The number of imidazole rings is 1. The maximum Gasteiger partial charge on any atom is 0.222 e. The SMILES string of the molecule is COc1ccc([C@@H](CC(=O)NCCn2c(C)nc3ccccc32)NC(C)=O)cc1. The average molecular weight is 394 g/mol. The van der Waals surface area contributed by atoms with Gasteiger partial charge in [0.05, 0.1) is 30.6 Å². The third-order valence-corrected chi connectivity index (χ3v) is 4.79. The van der Waals surface area contributed by atoms with E-state index in [2.05, 4.69) is 20.2 Å². The van der Waals surface area contributed by atoms with Crippen molar-refractivity contribution in [3.8, 4) is 5.75 Å². The Morgan fingerprint density at radius 3 is 2.55 bits per heavy atom. The van der Waals surface area contributed by atoms with E-state index in [9.17, 15) is 9.59 Å². The first-order valence-electron chi connectivity index (χ1n) is 9.57. The summed E-state index contributed by atoms with van der Waals surface area (Å²) in [5, 5.41) is 5.79. The molecule has 0 spiro atoms. The van der Waals surface area contributed by atoms with Gasteiger partial charge >= 0.3 is 0 Å². The smallest absolute Gasteiger partial charge is 0.222 e. The second-order valence-electron chi connectivity index (χ2n) is 6.88. The quantitative estimate of drug-likeness (QED) is 0.615. The van der Waals surface area contributed by atoms with Crippen molar-refractivity contribution in [3.05, 3.63) is 59.9 Å². The number of carbonyl (C=O) groups excluding carboxylic acids is 2. The minimum atomic E-state index is -0.394. The lowest BCUT2D eigenvalue weighted by molar-refractivity contribution is -0.122. The van der Waals surface area contributed by atoms with Crippen molar-refractivity contribution in [2.75, 3.05) is 13.7 Å². The molecule has 1 heterocycles. The minimum Gasteiger partial charge on any atom is -0.497 e. The Morgan fingerprint density at radius 2 is 1.86 bits per heavy atom. The molecule has 3 aromatic rings.